The number of H-pyrrole nitrogens is 1. The molecule has 3 aromatic rings. The Morgan fingerprint density at radius 3 is 2.83 bits per heavy atom. The van der Waals surface area contributed by atoms with E-state index in [1.165, 1.54) is 0 Å². The monoisotopic (exact) mass is 329 g/mol. The molecule has 0 unspecified atom stereocenters. The Hall–Kier alpha value is -2.53. The summed E-state index contributed by atoms with van der Waals surface area (Å²) in [7, 11) is 0. The molecule has 0 aliphatic heterocycles. The quantitative estimate of drug-likeness (QED) is 0.762. The zero-order chi connectivity index (χ0) is 16.4. The van der Waals surface area contributed by atoms with Gasteiger partial charge in [0.25, 0.3) is 5.91 Å². The average molecular weight is 330 g/mol. The first-order valence-electron chi connectivity index (χ1n) is 7.21. The van der Waals surface area contributed by atoms with Gasteiger partial charge in [-0.05, 0) is 49.7 Å². The number of hydrogen-bond donors (Lipinski definition) is 2. The lowest BCUT2D eigenvalue weighted by Gasteiger charge is -2.15. The fraction of sp³-hybridized carbons (Fsp3) is 0.176. The molecule has 0 saturated heterocycles. The van der Waals surface area contributed by atoms with Crippen molar-refractivity contribution in [1.82, 2.24) is 9.97 Å². The molecule has 2 N–H and O–H groups in total. The van der Waals surface area contributed by atoms with Crippen LogP contribution in [0.15, 0.2) is 42.5 Å². The minimum absolute atomic E-state index is 0.279. The lowest BCUT2D eigenvalue weighted by molar-refractivity contribution is -0.122. The Balaban J connectivity index is 1.69. The number of ether oxygens (including phenoxy) is 1. The molecule has 6 heteroatoms. The fourth-order valence-electron chi connectivity index (χ4n) is 2.22. The summed E-state index contributed by atoms with van der Waals surface area (Å²) >= 11 is 5.91. The summed E-state index contributed by atoms with van der Waals surface area (Å²) in [6, 6.07) is 12.8. The maximum absolute atomic E-state index is 12.2. The van der Waals surface area contributed by atoms with Gasteiger partial charge in [-0.25, -0.2) is 4.98 Å². The number of amides is 1. The van der Waals surface area contributed by atoms with Gasteiger partial charge in [0, 0.05) is 5.02 Å². The van der Waals surface area contributed by atoms with Gasteiger partial charge in [0.2, 0.25) is 5.95 Å². The zero-order valence-corrected chi connectivity index (χ0v) is 13.5. The highest BCUT2D eigenvalue weighted by molar-refractivity contribution is 6.30. The molecule has 0 spiro atoms. The number of carbonyl (C=O) groups excluding carboxylic acids is 1. The zero-order valence-electron chi connectivity index (χ0n) is 12.8. The van der Waals surface area contributed by atoms with Gasteiger partial charge >= 0.3 is 0 Å². The Morgan fingerprint density at radius 1 is 1.30 bits per heavy atom. The van der Waals surface area contributed by atoms with Crippen molar-refractivity contribution in [2.45, 2.75) is 20.0 Å². The number of halogens is 1. The number of para-hydroxylation sites is 2. The molecular weight excluding hydrogens is 314 g/mol. The summed E-state index contributed by atoms with van der Waals surface area (Å²) in [5, 5.41) is 3.36. The lowest BCUT2D eigenvalue weighted by Crippen LogP contribution is -2.30. The van der Waals surface area contributed by atoms with Gasteiger partial charge in [0.1, 0.15) is 5.75 Å². The van der Waals surface area contributed by atoms with E-state index in [-0.39, 0.29) is 5.91 Å². The molecule has 0 radical (unpaired) electrons. The maximum atomic E-state index is 12.2. The van der Waals surface area contributed by atoms with Crippen LogP contribution in [0.5, 0.6) is 5.75 Å². The number of nitrogens with one attached hydrogen (secondary N) is 2. The van der Waals surface area contributed by atoms with Crippen LogP contribution in [0.2, 0.25) is 5.02 Å². The predicted molar refractivity (Wildman–Crippen MR) is 91.0 cm³/mol. The van der Waals surface area contributed by atoms with Crippen LogP contribution >= 0.6 is 11.6 Å². The Bertz CT molecular complexity index is 827. The van der Waals surface area contributed by atoms with E-state index in [1.54, 1.807) is 25.1 Å². The number of hydrogen-bond acceptors (Lipinski definition) is 3. The minimum atomic E-state index is -0.664. The summed E-state index contributed by atoms with van der Waals surface area (Å²) in [6.07, 6.45) is -0.664. The summed E-state index contributed by atoms with van der Waals surface area (Å²) in [5.41, 5.74) is 2.54. The van der Waals surface area contributed by atoms with E-state index in [4.69, 9.17) is 16.3 Å². The van der Waals surface area contributed by atoms with E-state index in [1.807, 2.05) is 31.2 Å². The van der Waals surface area contributed by atoms with Crippen molar-refractivity contribution in [3.05, 3.63) is 53.1 Å². The molecule has 2 aromatic carbocycles. The highest BCUT2D eigenvalue weighted by Gasteiger charge is 2.17. The van der Waals surface area contributed by atoms with Crippen LogP contribution in [-0.2, 0) is 4.79 Å². The molecule has 5 nitrogen and oxygen atoms in total. The smallest absolute Gasteiger partial charge is 0.267 e. The second-order valence-electron chi connectivity index (χ2n) is 5.26. The van der Waals surface area contributed by atoms with Crippen LogP contribution in [0, 0.1) is 6.92 Å². The van der Waals surface area contributed by atoms with Gasteiger partial charge in [-0.1, -0.05) is 23.7 Å². The molecule has 118 valence electrons. The molecule has 1 aromatic heterocycles. The third-order valence-corrected chi connectivity index (χ3v) is 3.68. The Morgan fingerprint density at radius 2 is 2.09 bits per heavy atom. The molecule has 0 bridgehead atoms. The minimum Gasteiger partial charge on any atom is -0.481 e. The second kappa shape index (κ2) is 6.30. The first-order valence-corrected chi connectivity index (χ1v) is 7.59. The third kappa shape index (κ3) is 3.46. The number of fused-ring (bicyclic) bond motifs is 1. The number of rotatable bonds is 4. The molecule has 0 saturated carbocycles. The van der Waals surface area contributed by atoms with Crippen molar-refractivity contribution in [2.24, 2.45) is 0 Å². The average Bonchev–Trinajstić information content (AvgIpc) is 2.92. The van der Waals surface area contributed by atoms with Crippen molar-refractivity contribution in [1.29, 1.82) is 0 Å². The lowest BCUT2D eigenvalue weighted by atomic mass is 10.2. The van der Waals surface area contributed by atoms with Crippen LogP contribution in [0.3, 0.4) is 0 Å². The number of anilines is 1. The van der Waals surface area contributed by atoms with Crippen LogP contribution in [0.1, 0.15) is 12.5 Å². The number of imidazole rings is 1. The molecule has 0 fully saturated rings. The van der Waals surface area contributed by atoms with E-state index in [9.17, 15) is 4.79 Å². The van der Waals surface area contributed by atoms with Crippen LogP contribution in [0.25, 0.3) is 11.0 Å². The molecule has 1 heterocycles. The first kappa shape index (κ1) is 15.4. The van der Waals surface area contributed by atoms with E-state index in [0.29, 0.717) is 16.7 Å². The Labute approximate surface area is 138 Å². The fourth-order valence-corrected chi connectivity index (χ4v) is 2.45. The van der Waals surface area contributed by atoms with Crippen LogP contribution in [0.4, 0.5) is 5.95 Å². The topological polar surface area (TPSA) is 67.0 Å². The molecule has 1 atom stereocenters. The van der Waals surface area contributed by atoms with Gasteiger partial charge in [-0.3, -0.25) is 10.1 Å². The highest BCUT2D eigenvalue weighted by atomic mass is 35.5. The van der Waals surface area contributed by atoms with E-state index >= 15 is 0 Å². The van der Waals surface area contributed by atoms with Gasteiger partial charge in [0.15, 0.2) is 6.10 Å². The van der Waals surface area contributed by atoms with Crippen molar-refractivity contribution >= 4 is 34.5 Å². The summed E-state index contributed by atoms with van der Waals surface area (Å²) in [5.74, 6) is 0.750. The normalized spacial score (nSPS) is 12.1. The van der Waals surface area contributed by atoms with Crippen molar-refractivity contribution in [3.8, 4) is 5.75 Å². The van der Waals surface area contributed by atoms with Crippen molar-refractivity contribution < 1.29 is 9.53 Å². The first-order chi connectivity index (χ1) is 11.0. The summed E-state index contributed by atoms with van der Waals surface area (Å²) < 4.78 is 5.70. The number of aromatic amines is 1. The largest absolute Gasteiger partial charge is 0.481 e. The molecule has 1 amide bonds. The summed E-state index contributed by atoms with van der Waals surface area (Å²) in [6.45, 7) is 3.57. The van der Waals surface area contributed by atoms with Gasteiger partial charge < -0.3 is 9.72 Å². The SMILES string of the molecule is Cc1cc(Cl)ccc1O[C@@H](C)C(=O)Nc1nc2ccccc2[nH]1. The number of carbonyl (C=O) groups is 1. The maximum Gasteiger partial charge on any atom is 0.267 e. The highest BCUT2D eigenvalue weighted by Crippen LogP contribution is 2.23. The number of aryl methyl sites for hydroxylation is 1. The van der Waals surface area contributed by atoms with Crippen molar-refractivity contribution in [3.63, 3.8) is 0 Å². The molecular formula is C17H16ClN3O2. The van der Waals surface area contributed by atoms with Crippen LogP contribution in [-0.4, -0.2) is 22.0 Å². The molecule has 0 aliphatic rings. The van der Waals surface area contributed by atoms with Gasteiger partial charge in [-0.15, -0.1) is 0 Å². The van der Waals surface area contributed by atoms with Gasteiger partial charge in [0.05, 0.1) is 11.0 Å². The van der Waals surface area contributed by atoms with E-state index < -0.39 is 6.10 Å². The van der Waals surface area contributed by atoms with Crippen molar-refractivity contribution in [2.75, 3.05) is 5.32 Å². The molecule has 23 heavy (non-hydrogen) atoms. The molecule has 3 rings (SSSR count). The number of aromatic nitrogens is 2. The van der Waals surface area contributed by atoms with Crippen LogP contribution < -0.4 is 10.1 Å². The Kier molecular flexibility index (Phi) is 4.21. The predicted octanol–water partition coefficient (Wildman–Crippen LogP) is 3.93. The summed E-state index contributed by atoms with van der Waals surface area (Å²) in [4.78, 5) is 19.6. The van der Waals surface area contributed by atoms with E-state index in [0.717, 1.165) is 16.6 Å². The molecule has 0 aliphatic carbocycles. The standard InChI is InChI=1S/C17H16ClN3O2/c1-10-9-12(18)7-8-15(10)23-11(2)16(22)21-17-19-13-5-3-4-6-14(13)20-17/h3-9,11H,1-2H3,(H2,19,20,21,22)/t11-/m0/s1. The van der Waals surface area contributed by atoms with E-state index in [2.05, 4.69) is 15.3 Å². The van der Waals surface area contributed by atoms with Gasteiger partial charge in [-0.2, -0.15) is 0 Å². The number of benzene rings is 2. The second-order valence-corrected chi connectivity index (χ2v) is 5.70. The third-order valence-electron chi connectivity index (χ3n) is 3.44. The number of nitrogens with zero attached hydrogens (tertiary/aromatic N) is 1.